The number of nitrogens with zero attached hydrogens (tertiary/aromatic N) is 1. The molecule has 1 aromatic carbocycles. The SMILES string of the molecule is C=CCc1cc(CNC(=O)N2CCCC(C(=O)O)C2)cc(OC)c1OC. The van der Waals surface area contributed by atoms with E-state index < -0.39 is 11.9 Å². The second-order valence-electron chi connectivity index (χ2n) is 6.27. The molecular weight excluding hydrogens is 336 g/mol. The van der Waals surface area contributed by atoms with Crippen molar-refractivity contribution in [2.75, 3.05) is 27.3 Å². The first-order valence-electron chi connectivity index (χ1n) is 8.60. The van der Waals surface area contributed by atoms with Gasteiger partial charge < -0.3 is 24.8 Å². The van der Waals surface area contributed by atoms with Gasteiger partial charge >= 0.3 is 12.0 Å². The lowest BCUT2D eigenvalue weighted by Gasteiger charge is -2.30. The van der Waals surface area contributed by atoms with Crippen molar-refractivity contribution in [2.24, 2.45) is 5.92 Å². The smallest absolute Gasteiger partial charge is 0.317 e. The Balaban J connectivity index is 2.06. The van der Waals surface area contributed by atoms with Crippen molar-refractivity contribution in [1.82, 2.24) is 10.2 Å². The maximum Gasteiger partial charge on any atom is 0.317 e. The van der Waals surface area contributed by atoms with Crippen LogP contribution in [0.15, 0.2) is 24.8 Å². The molecule has 2 N–H and O–H groups in total. The van der Waals surface area contributed by atoms with E-state index in [0.29, 0.717) is 43.9 Å². The molecule has 0 radical (unpaired) electrons. The molecular formula is C19H26N2O5. The number of allylic oxidation sites excluding steroid dienone is 1. The number of benzene rings is 1. The highest BCUT2D eigenvalue weighted by Gasteiger charge is 2.28. The predicted octanol–water partition coefficient (Wildman–Crippen LogP) is 2.44. The molecule has 1 atom stereocenters. The van der Waals surface area contributed by atoms with Crippen LogP contribution in [-0.4, -0.2) is 49.3 Å². The number of likely N-dealkylation sites (tertiary alicyclic amines) is 1. The van der Waals surface area contributed by atoms with E-state index >= 15 is 0 Å². The summed E-state index contributed by atoms with van der Waals surface area (Å²) in [6.07, 6.45) is 3.71. The van der Waals surface area contributed by atoms with Gasteiger partial charge in [-0.25, -0.2) is 4.79 Å². The summed E-state index contributed by atoms with van der Waals surface area (Å²) in [5, 5.41) is 12.0. The molecule has 0 spiro atoms. The van der Waals surface area contributed by atoms with Crippen molar-refractivity contribution < 1.29 is 24.2 Å². The van der Waals surface area contributed by atoms with E-state index in [1.807, 2.05) is 12.1 Å². The van der Waals surface area contributed by atoms with Crippen LogP contribution < -0.4 is 14.8 Å². The number of aliphatic carboxylic acids is 1. The first-order valence-corrected chi connectivity index (χ1v) is 8.60. The monoisotopic (exact) mass is 362 g/mol. The van der Waals surface area contributed by atoms with Crippen LogP contribution >= 0.6 is 0 Å². The number of rotatable bonds is 7. The Bertz CT molecular complexity index is 674. The fourth-order valence-electron chi connectivity index (χ4n) is 3.17. The first-order chi connectivity index (χ1) is 12.5. The number of methoxy groups -OCH3 is 2. The number of piperidine rings is 1. The number of carbonyl (C=O) groups is 2. The Kier molecular flexibility index (Phi) is 6.89. The fourth-order valence-corrected chi connectivity index (χ4v) is 3.17. The van der Waals surface area contributed by atoms with Crippen LogP contribution in [0.4, 0.5) is 4.79 Å². The topological polar surface area (TPSA) is 88.1 Å². The maximum atomic E-state index is 12.4. The highest BCUT2D eigenvalue weighted by atomic mass is 16.5. The van der Waals surface area contributed by atoms with Gasteiger partial charge in [-0.05, 0) is 37.0 Å². The van der Waals surface area contributed by atoms with E-state index in [-0.39, 0.29) is 12.6 Å². The largest absolute Gasteiger partial charge is 0.493 e. The van der Waals surface area contributed by atoms with Gasteiger partial charge in [-0.15, -0.1) is 6.58 Å². The zero-order valence-corrected chi connectivity index (χ0v) is 15.3. The van der Waals surface area contributed by atoms with E-state index in [2.05, 4.69) is 11.9 Å². The van der Waals surface area contributed by atoms with Gasteiger partial charge in [0.1, 0.15) is 0 Å². The predicted molar refractivity (Wildman–Crippen MR) is 97.6 cm³/mol. The van der Waals surface area contributed by atoms with Crippen molar-refractivity contribution >= 4 is 12.0 Å². The third kappa shape index (κ3) is 4.68. The number of urea groups is 1. The van der Waals surface area contributed by atoms with Gasteiger partial charge in [0.05, 0.1) is 20.1 Å². The molecule has 1 aliphatic rings. The molecule has 1 heterocycles. The number of carboxylic acid groups (broad SMARTS) is 1. The van der Waals surface area contributed by atoms with E-state index in [9.17, 15) is 9.59 Å². The van der Waals surface area contributed by atoms with E-state index in [0.717, 1.165) is 11.1 Å². The molecule has 0 aromatic heterocycles. The number of ether oxygens (including phenoxy) is 2. The average molecular weight is 362 g/mol. The second-order valence-corrected chi connectivity index (χ2v) is 6.27. The Morgan fingerprint density at radius 3 is 2.77 bits per heavy atom. The van der Waals surface area contributed by atoms with Crippen LogP contribution in [0.25, 0.3) is 0 Å². The Hall–Kier alpha value is -2.70. The standard InChI is InChI=1S/C19H26N2O5/c1-4-6-14-9-13(10-16(25-2)17(14)26-3)11-20-19(24)21-8-5-7-15(12-21)18(22)23/h4,9-10,15H,1,5-8,11-12H2,2-3H3,(H,20,24)(H,22,23). The molecule has 2 amide bonds. The summed E-state index contributed by atoms with van der Waals surface area (Å²) in [6.45, 7) is 4.89. The molecule has 1 aromatic rings. The minimum Gasteiger partial charge on any atom is -0.493 e. The summed E-state index contributed by atoms with van der Waals surface area (Å²) in [7, 11) is 3.15. The Labute approximate surface area is 153 Å². The molecule has 1 fully saturated rings. The molecule has 2 rings (SSSR count). The van der Waals surface area contributed by atoms with Gasteiger partial charge in [-0.1, -0.05) is 6.08 Å². The van der Waals surface area contributed by atoms with Crippen molar-refractivity contribution in [3.05, 3.63) is 35.9 Å². The molecule has 26 heavy (non-hydrogen) atoms. The fraction of sp³-hybridized carbons (Fsp3) is 0.474. The highest BCUT2D eigenvalue weighted by molar-refractivity contribution is 5.76. The zero-order chi connectivity index (χ0) is 19.1. The van der Waals surface area contributed by atoms with Crippen LogP contribution in [0, 0.1) is 5.92 Å². The van der Waals surface area contributed by atoms with Gasteiger partial charge in [-0.3, -0.25) is 4.79 Å². The second kappa shape index (κ2) is 9.12. The molecule has 1 unspecified atom stereocenters. The zero-order valence-electron chi connectivity index (χ0n) is 15.3. The van der Waals surface area contributed by atoms with E-state index in [1.54, 1.807) is 25.2 Å². The number of carbonyl (C=O) groups excluding carboxylic acids is 1. The third-order valence-corrected chi connectivity index (χ3v) is 4.48. The number of amides is 2. The summed E-state index contributed by atoms with van der Waals surface area (Å²) >= 11 is 0. The summed E-state index contributed by atoms with van der Waals surface area (Å²) in [4.78, 5) is 25.1. The van der Waals surface area contributed by atoms with Crippen LogP contribution in [0.2, 0.25) is 0 Å². The van der Waals surface area contributed by atoms with Crippen molar-refractivity contribution in [1.29, 1.82) is 0 Å². The van der Waals surface area contributed by atoms with E-state index in [4.69, 9.17) is 14.6 Å². The summed E-state index contributed by atoms with van der Waals surface area (Å²) in [5.41, 5.74) is 1.80. The van der Waals surface area contributed by atoms with Gasteiger partial charge in [0.25, 0.3) is 0 Å². The number of nitrogens with one attached hydrogen (secondary N) is 1. The van der Waals surface area contributed by atoms with Crippen LogP contribution in [0.5, 0.6) is 11.5 Å². The average Bonchev–Trinajstić information content (AvgIpc) is 2.65. The normalized spacial score (nSPS) is 16.7. The number of hydrogen-bond donors (Lipinski definition) is 2. The lowest BCUT2D eigenvalue weighted by Crippen LogP contribution is -2.46. The maximum absolute atomic E-state index is 12.4. The molecule has 0 saturated carbocycles. The number of carboxylic acids is 1. The molecule has 1 saturated heterocycles. The molecule has 7 nitrogen and oxygen atoms in total. The van der Waals surface area contributed by atoms with Crippen molar-refractivity contribution in [3.63, 3.8) is 0 Å². The lowest BCUT2D eigenvalue weighted by atomic mass is 9.99. The highest BCUT2D eigenvalue weighted by Crippen LogP contribution is 2.33. The minimum absolute atomic E-state index is 0.245. The van der Waals surface area contributed by atoms with Crippen LogP contribution in [0.1, 0.15) is 24.0 Å². The molecule has 142 valence electrons. The van der Waals surface area contributed by atoms with Gasteiger partial charge in [0.2, 0.25) is 0 Å². The number of hydrogen-bond acceptors (Lipinski definition) is 4. The summed E-state index contributed by atoms with van der Waals surface area (Å²) in [5.74, 6) is -0.0888. The summed E-state index contributed by atoms with van der Waals surface area (Å²) in [6, 6.07) is 3.51. The molecule has 1 aliphatic heterocycles. The lowest BCUT2D eigenvalue weighted by molar-refractivity contribution is -0.143. The molecule has 7 heteroatoms. The molecule has 0 bridgehead atoms. The Morgan fingerprint density at radius 1 is 1.38 bits per heavy atom. The van der Waals surface area contributed by atoms with Gasteiger partial charge in [0.15, 0.2) is 11.5 Å². The minimum atomic E-state index is -0.851. The quantitative estimate of drug-likeness (QED) is 0.728. The van der Waals surface area contributed by atoms with Crippen molar-refractivity contribution in [3.8, 4) is 11.5 Å². The van der Waals surface area contributed by atoms with Crippen molar-refractivity contribution in [2.45, 2.75) is 25.8 Å². The van der Waals surface area contributed by atoms with Gasteiger partial charge in [0, 0.05) is 25.2 Å². The Morgan fingerprint density at radius 2 is 2.15 bits per heavy atom. The van der Waals surface area contributed by atoms with Crippen LogP contribution in [0.3, 0.4) is 0 Å². The summed E-state index contributed by atoms with van der Waals surface area (Å²) < 4.78 is 10.8. The third-order valence-electron chi connectivity index (χ3n) is 4.48. The first kappa shape index (κ1) is 19.6. The van der Waals surface area contributed by atoms with Gasteiger partial charge in [-0.2, -0.15) is 0 Å². The van der Waals surface area contributed by atoms with E-state index in [1.165, 1.54) is 0 Å². The van der Waals surface area contributed by atoms with Crippen LogP contribution in [-0.2, 0) is 17.8 Å². The molecule has 0 aliphatic carbocycles.